The molecule has 1 aromatic heterocycles. The zero-order valence-electron chi connectivity index (χ0n) is 12.2. The first kappa shape index (κ1) is 15.3. The van der Waals surface area contributed by atoms with Crippen LogP contribution in [0.4, 0.5) is 5.69 Å². The molecule has 0 amide bonds. The van der Waals surface area contributed by atoms with E-state index in [9.17, 15) is 0 Å². The van der Waals surface area contributed by atoms with Crippen LogP contribution in [0.5, 0.6) is 0 Å². The summed E-state index contributed by atoms with van der Waals surface area (Å²) in [5.41, 5.74) is 4.00. The highest BCUT2D eigenvalue weighted by atomic mass is 35.5. The third kappa shape index (κ3) is 2.98. The minimum absolute atomic E-state index is 0.515. The molecule has 0 aliphatic heterocycles. The number of hydrogen-bond acceptors (Lipinski definition) is 3. The van der Waals surface area contributed by atoms with Crippen LogP contribution in [0, 0.1) is 0 Å². The molecule has 3 rings (SSSR count). The number of hydrogen-bond donors (Lipinski definition) is 0. The average Bonchev–Trinajstić information content (AvgIpc) is 2.89. The number of halogens is 2. The average molecular weight is 349 g/mol. The van der Waals surface area contributed by atoms with Gasteiger partial charge in [0.1, 0.15) is 0 Å². The van der Waals surface area contributed by atoms with E-state index >= 15 is 0 Å². The highest BCUT2D eigenvalue weighted by molar-refractivity contribution is 7.19. The minimum atomic E-state index is 0.515. The molecule has 0 spiro atoms. The Bertz CT molecular complexity index is 795. The number of thiazole rings is 1. The van der Waals surface area contributed by atoms with E-state index in [0.717, 1.165) is 27.4 Å². The summed E-state index contributed by atoms with van der Waals surface area (Å²) in [5, 5.41) is 0.703. The monoisotopic (exact) mass is 348 g/mol. The SMILES string of the molecule is CN(C)c1ccc(-c2nc(Cl)sc2-c2ccccc2Cl)cc1. The normalized spacial score (nSPS) is 10.7. The van der Waals surface area contributed by atoms with Crippen LogP contribution < -0.4 is 4.90 Å². The van der Waals surface area contributed by atoms with Gasteiger partial charge in [0.05, 0.1) is 10.6 Å². The molecule has 0 atom stereocenters. The number of anilines is 1. The van der Waals surface area contributed by atoms with E-state index in [-0.39, 0.29) is 0 Å². The zero-order chi connectivity index (χ0) is 15.7. The molecule has 0 bridgehead atoms. The second-order valence-corrected chi connectivity index (χ2v) is 7.05. The molecule has 0 aliphatic carbocycles. The summed E-state index contributed by atoms with van der Waals surface area (Å²) in [4.78, 5) is 7.54. The summed E-state index contributed by atoms with van der Waals surface area (Å²) >= 11 is 13.9. The first-order valence-corrected chi connectivity index (χ1v) is 8.32. The Labute approximate surface area is 144 Å². The van der Waals surface area contributed by atoms with Crippen LogP contribution in [-0.4, -0.2) is 19.1 Å². The third-order valence-corrected chi connectivity index (χ3v) is 4.90. The number of rotatable bonds is 3. The maximum Gasteiger partial charge on any atom is 0.184 e. The summed E-state index contributed by atoms with van der Waals surface area (Å²) in [7, 11) is 4.04. The Morgan fingerprint density at radius 3 is 2.27 bits per heavy atom. The summed E-state index contributed by atoms with van der Waals surface area (Å²) in [6, 6.07) is 16.0. The number of nitrogens with zero attached hydrogens (tertiary/aromatic N) is 2. The lowest BCUT2D eigenvalue weighted by atomic mass is 10.1. The Hall–Kier alpha value is -1.55. The van der Waals surface area contributed by atoms with Gasteiger partial charge in [-0.15, -0.1) is 11.3 Å². The molecule has 0 radical (unpaired) electrons. The van der Waals surface area contributed by atoms with Gasteiger partial charge in [0.2, 0.25) is 0 Å². The predicted octanol–water partition coefficient (Wildman–Crippen LogP) is 5.85. The van der Waals surface area contributed by atoms with Gasteiger partial charge < -0.3 is 4.90 Å². The van der Waals surface area contributed by atoms with Crippen molar-refractivity contribution in [2.75, 3.05) is 19.0 Å². The van der Waals surface area contributed by atoms with Crippen LogP contribution in [0.15, 0.2) is 48.5 Å². The van der Waals surface area contributed by atoms with E-state index in [1.54, 1.807) is 0 Å². The fourth-order valence-corrected chi connectivity index (χ4v) is 3.69. The molecule has 5 heteroatoms. The van der Waals surface area contributed by atoms with Crippen LogP contribution in [0.2, 0.25) is 9.49 Å². The van der Waals surface area contributed by atoms with E-state index in [4.69, 9.17) is 23.2 Å². The van der Waals surface area contributed by atoms with Crippen LogP contribution >= 0.6 is 34.5 Å². The Balaban J connectivity index is 2.10. The van der Waals surface area contributed by atoms with Crippen LogP contribution in [-0.2, 0) is 0 Å². The van der Waals surface area contributed by atoms with Gasteiger partial charge in [-0.05, 0) is 18.2 Å². The lowest BCUT2D eigenvalue weighted by Crippen LogP contribution is -2.07. The van der Waals surface area contributed by atoms with E-state index < -0.39 is 0 Å². The molecule has 3 aromatic rings. The second kappa shape index (κ2) is 6.29. The first-order chi connectivity index (χ1) is 10.6. The fourth-order valence-electron chi connectivity index (χ4n) is 2.24. The molecule has 0 fully saturated rings. The van der Waals surface area contributed by atoms with Crippen molar-refractivity contribution < 1.29 is 0 Å². The van der Waals surface area contributed by atoms with Crippen LogP contribution in [0.25, 0.3) is 21.7 Å². The van der Waals surface area contributed by atoms with Gasteiger partial charge in [0.15, 0.2) is 4.47 Å². The maximum atomic E-state index is 6.32. The van der Waals surface area contributed by atoms with Gasteiger partial charge in [-0.2, -0.15) is 0 Å². The van der Waals surface area contributed by atoms with E-state index in [2.05, 4.69) is 34.1 Å². The van der Waals surface area contributed by atoms with Crippen molar-refractivity contribution in [3.8, 4) is 21.7 Å². The molecular weight excluding hydrogens is 335 g/mol. The van der Waals surface area contributed by atoms with Crippen molar-refractivity contribution in [1.82, 2.24) is 4.98 Å². The van der Waals surface area contributed by atoms with E-state index in [0.29, 0.717) is 9.49 Å². The molecule has 0 unspecified atom stereocenters. The largest absolute Gasteiger partial charge is 0.378 e. The van der Waals surface area contributed by atoms with Crippen LogP contribution in [0.1, 0.15) is 0 Å². The Kier molecular flexibility index (Phi) is 4.39. The molecule has 0 saturated heterocycles. The molecule has 0 aliphatic rings. The lowest BCUT2D eigenvalue weighted by molar-refractivity contribution is 1.13. The summed E-state index contributed by atoms with van der Waals surface area (Å²) in [6.07, 6.45) is 0. The van der Waals surface area contributed by atoms with Gasteiger partial charge >= 0.3 is 0 Å². The van der Waals surface area contributed by atoms with Crippen LogP contribution in [0.3, 0.4) is 0 Å². The van der Waals surface area contributed by atoms with Gasteiger partial charge in [0.25, 0.3) is 0 Å². The van der Waals surface area contributed by atoms with Crippen molar-refractivity contribution in [2.24, 2.45) is 0 Å². The van der Waals surface area contributed by atoms with Gasteiger partial charge in [-0.1, -0.05) is 53.5 Å². The Morgan fingerprint density at radius 2 is 1.64 bits per heavy atom. The minimum Gasteiger partial charge on any atom is -0.378 e. The summed E-state index contributed by atoms with van der Waals surface area (Å²) in [5.74, 6) is 0. The van der Waals surface area contributed by atoms with E-state index in [1.165, 1.54) is 11.3 Å². The molecule has 1 heterocycles. The zero-order valence-corrected chi connectivity index (χ0v) is 14.5. The molecule has 0 N–H and O–H groups in total. The Morgan fingerprint density at radius 1 is 0.955 bits per heavy atom. The van der Waals surface area contributed by atoms with Crippen molar-refractivity contribution >= 4 is 40.2 Å². The van der Waals surface area contributed by atoms with Crippen molar-refractivity contribution in [3.05, 3.63) is 58.0 Å². The fraction of sp³-hybridized carbons (Fsp3) is 0.118. The molecule has 0 saturated carbocycles. The molecule has 2 aromatic carbocycles. The summed E-state index contributed by atoms with van der Waals surface area (Å²) < 4.78 is 0.515. The first-order valence-electron chi connectivity index (χ1n) is 6.75. The molecule has 2 nitrogen and oxygen atoms in total. The second-order valence-electron chi connectivity index (χ2n) is 5.07. The highest BCUT2D eigenvalue weighted by Gasteiger charge is 2.16. The topological polar surface area (TPSA) is 16.1 Å². The van der Waals surface area contributed by atoms with Gasteiger partial charge in [-0.25, -0.2) is 4.98 Å². The predicted molar refractivity (Wildman–Crippen MR) is 97.3 cm³/mol. The maximum absolute atomic E-state index is 6.32. The number of benzene rings is 2. The summed E-state index contributed by atoms with van der Waals surface area (Å²) in [6.45, 7) is 0. The molecule has 22 heavy (non-hydrogen) atoms. The van der Waals surface area contributed by atoms with E-state index in [1.807, 2.05) is 38.4 Å². The van der Waals surface area contributed by atoms with Crippen molar-refractivity contribution in [1.29, 1.82) is 0 Å². The quantitative estimate of drug-likeness (QED) is 0.590. The standard InChI is InChI=1S/C17H14Cl2N2S/c1-21(2)12-9-7-11(8-10-12)15-16(22-17(19)20-15)13-5-3-4-6-14(13)18/h3-10H,1-2H3. The smallest absolute Gasteiger partial charge is 0.184 e. The highest BCUT2D eigenvalue weighted by Crippen LogP contribution is 2.41. The third-order valence-electron chi connectivity index (χ3n) is 3.38. The molecule has 112 valence electrons. The van der Waals surface area contributed by atoms with Gasteiger partial charge in [-0.3, -0.25) is 0 Å². The lowest BCUT2D eigenvalue weighted by Gasteiger charge is -2.12. The van der Waals surface area contributed by atoms with Gasteiger partial charge in [0, 0.05) is 35.9 Å². The number of aromatic nitrogens is 1. The van der Waals surface area contributed by atoms with Crippen molar-refractivity contribution in [3.63, 3.8) is 0 Å². The van der Waals surface area contributed by atoms with Crippen molar-refractivity contribution in [2.45, 2.75) is 0 Å². The molecular formula is C17H14Cl2N2S.